The van der Waals surface area contributed by atoms with E-state index in [1.165, 1.54) is 38.6 Å². The molecule has 206 valence electrons. The maximum Gasteiger partial charge on any atom is 0.269 e. The molecule has 4 aromatic rings. The number of halogens is 4. The first kappa shape index (κ1) is 28.8. The van der Waals surface area contributed by atoms with Crippen molar-refractivity contribution in [3.8, 4) is 11.5 Å². The molecule has 3 aromatic carbocycles. The van der Waals surface area contributed by atoms with Crippen molar-refractivity contribution in [1.82, 2.24) is 4.98 Å². The van der Waals surface area contributed by atoms with E-state index in [-0.39, 0.29) is 32.3 Å². The molecular weight excluding hydrogens is 593 g/mol. The predicted molar refractivity (Wildman–Crippen MR) is 148 cm³/mol. The van der Waals surface area contributed by atoms with Crippen LogP contribution >= 0.6 is 34.5 Å². The Kier molecular flexibility index (Phi) is 8.82. The lowest BCUT2D eigenvalue weighted by molar-refractivity contribution is 0.391. The number of benzene rings is 3. The fraction of sp³-hybridized carbons (Fsp3) is 0.160. The van der Waals surface area contributed by atoms with Crippen LogP contribution in [0.4, 0.5) is 19.6 Å². The normalized spacial score (nSPS) is 12.2. The lowest BCUT2D eigenvalue weighted by Gasteiger charge is -2.24. The number of ether oxygens (including phenoxy) is 2. The number of nitrogens with zero attached hydrogens (tertiary/aromatic N) is 2. The van der Waals surface area contributed by atoms with Gasteiger partial charge in [-0.25, -0.2) is 26.5 Å². The van der Waals surface area contributed by atoms with Crippen LogP contribution in [0.3, 0.4) is 0 Å². The zero-order valence-electron chi connectivity index (χ0n) is 20.5. The van der Waals surface area contributed by atoms with Gasteiger partial charge in [0.05, 0.1) is 37.7 Å². The third-order valence-corrected chi connectivity index (χ3v) is 8.94. The molecule has 1 atom stereocenters. The molecule has 1 heterocycles. The van der Waals surface area contributed by atoms with Crippen molar-refractivity contribution in [2.75, 3.05) is 23.8 Å². The van der Waals surface area contributed by atoms with Crippen molar-refractivity contribution in [2.45, 2.75) is 17.6 Å². The molecule has 0 unspecified atom stereocenters. The zero-order chi connectivity index (χ0) is 28.3. The topological polar surface area (TPSA) is 107 Å². The van der Waals surface area contributed by atoms with Gasteiger partial charge in [-0.05, 0) is 30.3 Å². The summed E-state index contributed by atoms with van der Waals surface area (Å²) in [6.45, 7) is -0.269. The van der Waals surface area contributed by atoms with Crippen molar-refractivity contribution in [1.29, 1.82) is 0 Å². The summed E-state index contributed by atoms with van der Waals surface area (Å²) in [7, 11) is -1.67. The van der Waals surface area contributed by atoms with Gasteiger partial charge >= 0.3 is 0 Å². The van der Waals surface area contributed by atoms with E-state index in [0.29, 0.717) is 17.1 Å². The van der Waals surface area contributed by atoms with Crippen LogP contribution in [-0.2, 0) is 16.6 Å². The molecule has 0 aliphatic heterocycles. The van der Waals surface area contributed by atoms with Gasteiger partial charge in [-0.15, -0.1) is 0 Å². The highest BCUT2D eigenvalue weighted by molar-refractivity contribution is 7.93. The molecular formula is C25H22Cl2F2N4O4S2. The minimum Gasteiger partial charge on any atom is -0.497 e. The van der Waals surface area contributed by atoms with Gasteiger partial charge in [0.25, 0.3) is 10.0 Å². The number of methoxy groups -OCH3 is 2. The Hall–Kier alpha value is -3.16. The third kappa shape index (κ3) is 6.20. The van der Waals surface area contributed by atoms with Crippen LogP contribution in [0, 0.1) is 11.6 Å². The summed E-state index contributed by atoms with van der Waals surface area (Å²) in [5, 5.41) is 2.56. The van der Waals surface area contributed by atoms with Gasteiger partial charge in [-0.3, -0.25) is 0 Å². The van der Waals surface area contributed by atoms with Gasteiger partial charge in [0, 0.05) is 17.2 Å². The van der Waals surface area contributed by atoms with Gasteiger partial charge in [-0.2, -0.15) is 0 Å². The summed E-state index contributed by atoms with van der Waals surface area (Å²) in [6.07, 6.45) is 0.206. The summed E-state index contributed by atoms with van der Waals surface area (Å²) in [5.74, 6) is -0.842. The molecule has 0 aliphatic rings. The van der Waals surface area contributed by atoms with Crippen LogP contribution < -0.4 is 24.8 Å². The number of nitrogens with one attached hydrogen (secondary N) is 1. The highest BCUT2D eigenvalue weighted by Gasteiger charge is 2.32. The minimum absolute atomic E-state index is 0.00262. The van der Waals surface area contributed by atoms with E-state index in [1.807, 2.05) is 0 Å². The van der Waals surface area contributed by atoms with Crippen LogP contribution in [-0.4, -0.2) is 27.6 Å². The molecule has 14 heteroatoms. The molecule has 1 aromatic heterocycles. The van der Waals surface area contributed by atoms with Gasteiger partial charge in [0.2, 0.25) is 5.13 Å². The van der Waals surface area contributed by atoms with Crippen molar-refractivity contribution in [3.63, 3.8) is 0 Å². The Balaban J connectivity index is 1.73. The van der Waals surface area contributed by atoms with Crippen LogP contribution in [0.15, 0.2) is 65.7 Å². The number of anilines is 2. The van der Waals surface area contributed by atoms with Crippen molar-refractivity contribution >= 4 is 55.4 Å². The third-order valence-electron chi connectivity index (χ3n) is 5.63. The molecule has 0 fully saturated rings. The summed E-state index contributed by atoms with van der Waals surface area (Å²) >= 11 is 13.3. The Bertz CT molecular complexity index is 1600. The van der Waals surface area contributed by atoms with E-state index in [0.717, 1.165) is 27.8 Å². The van der Waals surface area contributed by atoms with Gasteiger partial charge in [0.15, 0.2) is 0 Å². The SMILES string of the molecule is COc1ccc(CN(c2ncc(Cl)s2)S(=O)(=O)c2cc(Cl)c(N[C@@H](N)c3ccccc3F)cc2F)c(OC)c1. The molecule has 4 rings (SSSR count). The van der Waals surface area contributed by atoms with E-state index in [2.05, 4.69) is 10.3 Å². The Labute approximate surface area is 237 Å². The van der Waals surface area contributed by atoms with Crippen LogP contribution in [0.1, 0.15) is 17.3 Å². The Morgan fingerprint density at radius 1 is 1.08 bits per heavy atom. The zero-order valence-corrected chi connectivity index (χ0v) is 23.6. The van der Waals surface area contributed by atoms with Gasteiger partial charge in [0.1, 0.15) is 38.5 Å². The molecule has 0 saturated heterocycles. The number of rotatable bonds is 10. The number of thiazole rings is 1. The second-order valence-corrected chi connectivity index (χ2v) is 11.9. The number of hydrogen-bond acceptors (Lipinski definition) is 8. The first-order valence-corrected chi connectivity index (χ1v) is 14.2. The maximum absolute atomic E-state index is 15.4. The standard InChI is InChI=1S/C25H22Cl2F2N4O4S2/c1-36-15-8-7-14(21(9-15)37-2)13-33(25-31-12-23(27)38-25)39(34,35)22-10-17(26)20(11-19(22)29)32-24(30)16-5-3-4-6-18(16)28/h3-12,24,32H,13,30H2,1-2H3/t24-/m1/s1. The molecule has 0 aliphatic carbocycles. The van der Waals surface area contributed by atoms with Crippen LogP contribution in [0.5, 0.6) is 11.5 Å². The van der Waals surface area contributed by atoms with Gasteiger partial charge in [-0.1, -0.05) is 52.7 Å². The van der Waals surface area contributed by atoms with Gasteiger partial charge < -0.3 is 20.5 Å². The lowest BCUT2D eigenvalue weighted by Crippen LogP contribution is -2.31. The summed E-state index contributed by atoms with van der Waals surface area (Å²) in [6, 6.07) is 12.5. The molecule has 0 spiro atoms. The van der Waals surface area contributed by atoms with Crippen LogP contribution in [0.25, 0.3) is 0 Å². The largest absolute Gasteiger partial charge is 0.497 e. The smallest absolute Gasteiger partial charge is 0.269 e. The monoisotopic (exact) mass is 614 g/mol. The second kappa shape index (κ2) is 11.9. The van der Waals surface area contributed by atoms with Crippen molar-refractivity contribution in [2.24, 2.45) is 5.73 Å². The number of sulfonamides is 1. The molecule has 0 amide bonds. The number of aromatic nitrogens is 1. The van der Waals surface area contributed by atoms with E-state index >= 15 is 4.39 Å². The van der Waals surface area contributed by atoms with E-state index in [1.54, 1.807) is 24.3 Å². The van der Waals surface area contributed by atoms with E-state index in [4.69, 9.17) is 38.4 Å². The quantitative estimate of drug-likeness (QED) is 0.204. The molecule has 8 nitrogen and oxygen atoms in total. The first-order chi connectivity index (χ1) is 18.5. The first-order valence-electron chi connectivity index (χ1n) is 11.2. The number of hydrogen-bond donors (Lipinski definition) is 2. The highest BCUT2D eigenvalue weighted by Crippen LogP contribution is 2.37. The molecule has 3 N–H and O–H groups in total. The average Bonchev–Trinajstić information content (AvgIpc) is 3.34. The maximum atomic E-state index is 15.4. The minimum atomic E-state index is -4.58. The summed E-state index contributed by atoms with van der Waals surface area (Å²) in [5.41, 5.74) is 6.58. The second-order valence-electron chi connectivity index (χ2n) is 8.04. The van der Waals surface area contributed by atoms with Crippen LogP contribution in [0.2, 0.25) is 9.36 Å². The Morgan fingerprint density at radius 2 is 1.82 bits per heavy atom. The highest BCUT2D eigenvalue weighted by atomic mass is 35.5. The molecule has 0 radical (unpaired) electrons. The summed E-state index contributed by atoms with van der Waals surface area (Å²) < 4.78 is 68.9. The van der Waals surface area contributed by atoms with Crippen molar-refractivity contribution < 1.29 is 26.7 Å². The predicted octanol–water partition coefficient (Wildman–Crippen LogP) is 6.21. The van der Waals surface area contributed by atoms with Crippen molar-refractivity contribution in [3.05, 3.63) is 92.9 Å². The fourth-order valence-electron chi connectivity index (χ4n) is 3.68. The number of nitrogens with two attached hydrogens (primary N) is 1. The fourth-order valence-corrected chi connectivity index (χ4v) is 6.55. The van der Waals surface area contributed by atoms with E-state index in [9.17, 15) is 12.8 Å². The summed E-state index contributed by atoms with van der Waals surface area (Å²) in [4.78, 5) is 3.38. The molecule has 0 bridgehead atoms. The average molecular weight is 616 g/mol. The van der Waals surface area contributed by atoms with E-state index < -0.39 is 32.7 Å². The Morgan fingerprint density at radius 3 is 2.46 bits per heavy atom. The lowest BCUT2D eigenvalue weighted by atomic mass is 10.1. The molecule has 39 heavy (non-hydrogen) atoms. The molecule has 0 saturated carbocycles.